The molecule has 8 rings (SSSR count). The number of anilines is 1. The predicted octanol–water partition coefficient (Wildman–Crippen LogP) is 8.77. The first-order chi connectivity index (χ1) is 27.8. The van der Waals surface area contributed by atoms with Crippen molar-refractivity contribution < 1.29 is 37.3 Å². The van der Waals surface area contributed by atoms with Crippen LogP contribution < -0.4 is 19.5 Å². The normalized spacial score (nSPS) is 28.0. The lowest BCUT2D eigenvalue weighted by molar-refractivity contribution is -0.149. The molecule has 2 aromatic carbocycles. The zero-order chi connectivity index (χ0) is 40.7. The number of alkyl halides is 3. The molecule has 3 heterocycles. The summed E-state index contributed by atoms with van der Waals surface area (Å²) in [6, 6.07) is 13.6. The van der Waals surface area contributed by atoms with E-state index in [1.807, 2.05) is 24.4 Å². The molecule has 0 bridgehead atoms. The van der Waals surface area contributed by atoms with Gasteiger partial charge in [-0.15, -0.1) is 0 Å². The van der Waals surface area contributed by atoms with E-state index in [4.69, 9.17) is 25.8 Å². The minimum Gasteiger partial charge on any atom is -0.493 e. The summed E-state index contributed by atoms with van der Waals surface area (Å²) in [5.41, 5.74) is 4.16. The van der Waals surface area contributed by atoms with Gasteiger partial charge < -0.3 is 29.5 Å². The van der Waals surface area contributed by atoms with E-state index in [2.05, 4.69) is 41.2 Å². The lowest BCUT2D eigenvalue weighted by atomic mass is 9.59. The molecule has 1 saturated heterocycles. The van der Waals surface area contributed by atoms with Crippen LogP contribution in [0.3, 0.4) is 0 Å². The number of fused-ring (bicyclic) bond motifs is 4. The molecular weight excluding hydrogens is 769 g/mol. The average molecular weight is 825 g/mol. The number of piperazine rings is 1. The van der Waals surface area contributed by atoms with E-state index in [1.54, 1.807) is 12.1 Å². The van der Waals surface area contributed by atoms with E-state index in [0.29, 0.717) is 101 Å². The highest BCUT2D eigenvalue weighted by Crippen LogP contribution is 2.58. The van der Waals surface area contributed by atoms with Gasteiger partial charge in [0.1, 0.15) is 11.3 Å². The summed E-state index contributed by atoms with van der Waals surface area (Å²) < 4.78 is 58.4. The summed E-state index contributed by atoms with van der Waals surface area (Å²) in [4.78, 5) is 21.4. The zero-order valence-electron chi connectivity index (χ0n) is 33.6. The smallest absolute Gasteiger partial charge is 0.401 e. The maximum absolute atomic E-state index is 13.1. The second-order valence-electron chi connectivity index (χ2n) is 17.8. The van der Waals surface area contributed by atoms with Gasteiger partial charge >= 0.3 is 12.1 Å². The van der Waals surface area contributed by atoms with Crippen LogP contribution in [0.15, 0.2) is 48.7 Å². The van der Waals surface area contributed by atoms with Gasteiger partial charge in [-0.25, -0.2) is 4.79 Å². The number of nitrogens with one attached hydrogen (secondary N) is 1. The van der Waals surface area contributed by atoms with Gasteiger partial charge in [0, 0.05) is 66.8 Å². The Hall–Kier alpha value is -3.74. The fraction of sp³-hybridized carbons (Fsp3) is 0.600. The van der Waals surface area contributed by atoms with Gasteiger partial charge in [-0.1, -0.05) is 31.5 Å². The Labute approximate surface area is 344 Å². The topological polar surface area (TPSA) is 96.4 Å². The molecule has 314 valence electrons. The van der Waals surface area contributed by atoms with Gasteiger partial charge in [0.15, 0.2) is 11.5 Å². The minimum atomic E-state index is -4.19. The van der Waals surface area contributed by atoms with Crippen molar-refractivity contribution in [1.29, 1.82) is 0 Å². The Kier molecular flexibility index (Phi) is 11.8. The number of halogens is 4. The Morgan fingerprint density at radius 2 is 1.78 bits per heavy atom. The molecule has 1 saturated carbocycles. The first kappa shape index (κ1) is 41.0. The number of aromatic nitrogens is 1. The second-order valence-corrected chi connectivity index (χ2v) is 18.3. The molecule has 2 aliphatic heterocycles. The number of carboxylic acids is 1. The number of rotatable bonds is 11. The van der Waals surface area contributed by atoms with Crippen molar-refractivity contribution in [2.45, 2.75) is 94.7 Å². The Morgan fingerprint density at radius 1 is 1.05 bits per heavy atom. The van der Waals surface area contributed by atoms with Crippen molar-refractivity contribution in [2.75, 3.05) is 64.4 Å². The molecule has 3 aromatic rings. The van der Waals surface area contributed by atoms with Gasteiger partial charge in [0.25, 0.3) is 0 Å². The molecule has 1 aromatic heterocycles. The minimum absolute atomic E-state index is 0.0661. The van der Waals surface area contributed by atoms with Crippen LogP contribution in [0.5, 0.6) is 17.2 Å². The summed E-state index contributed by atoms with van der Waals surface area (Å²) in [5, 5.41) is 14.7. The number of aliphatic carboxylic acids is 1. The molecule has 1 spiro atoms. The third kappa shape index (κ3) is 8.75. The van der Waals surface area contributed by atoms with Gasteiger partial charge in [-0.2, -0.15) is 13.2 Å². The van der Waals surface area contributed by atoms with Crippen molar-refractivity contribution in [2.24, 2.45) is 17.8 Å². The molecule has 9 nitrogen and oxygen atoms in total. The number of pyridine rings is 1. The molecule has 3 aliphatic carbocycles. The van der Waals surface area contributed by atoms with Crippen LogP contribution in [-0.4, -0.2) is 96.7 Å². The monoisotopic (exact) mass is 824 g/mol. The summed E-state index contributed by atoms with van der Waals surface area (Å²) in [5.74, 6) is 2.51. The highest BCUT2D eigenvalue weighted by molar-refractivity contribution is 6.30. The van der Waals surface area contributed by atoms with E-state index < -0.39 is 24.2 Å². The number of nitrogens with zero attached hydrogens (tertiary/aromatic N) is 3. The predicted molar refractivity (Wildman–Crippen MR) is 218 cm³/mol. The molecule has 4 atom stereocenters. The number of hydrogen-bond donors (Lipinski definition) is 2. The second kappa shape index (κ2) is 16.7. The average Bonchev–Trinajstić information content (AvgIpc) is 3.31. The molecule has 0 radical (unpaired) electrons. The van der Waals surface area contributed by atoms with E-state index in [9.17, 15) is 23.1 Å². The number of carbonyl (C=O) groups is 1. The number of carboxylic acid groups (broad SMARTS) is 1. The zero-order valence-corrected chi connectivity index (χ0v) is 34.3. The summed E-state index contributed by atoms with van der Waals surface area (Å²) in [6.07, 6.45) is 5.01. The number of hydrogen-bond acceptors (Lipinski definition) is 8. The number of ether oxygens (including phenoxy) is 3. The molecule has 5 aliphatic rings. The molecule has 2 N–H and O–H groups in total. The van der Waals surface area contributed by atoms with Gasteiger partial charge in [0.2, 0.25) is 0 Å². The number of benzene rings is 2. The SMILES string of the molecule is C[C@@H](COc1ccnc2c1[C@H](C)CCC2)C[C@H]1Cc2cc3c(cc2C12CCC(Nc1cccc(Cl)c1)(C(=O)O)CC2)OCC(CN1CCN(CC(F)(F)F)CC1)CO3. The lowest BCUT2D eigenvalue weighted by Crippen LogP contribution is -2.53. The van der Waals surface area contributed by atoms with Crippen LogP contribution in [0.1, 0.15) is 87.1 Å². The van der Waals surface area contributed by atoms with Crippen molar-refractivity contribution in [3.63, 3.8) is 0 Å². The first-order valence-electron chi connectivity index (χ1n) is 21.1. The Balaban J connectivity index is 0.996. The third-order valence-electron chi connectivity index (χ3n) is 13.7. The quantitative estimate of drug-likeness (QED) is 0.197. The molecule has 58 heavy (non-hydrogen) atoms. The van der Waals surface area contributed by atoms with Gasteiger partial charge in [-0.05, 0) is 128 Å². The largest absolute Gasteiger partial charge is 0.493 e. The van der Waals surface area contributed by atoms with Crippen molar-refractivity contribution >= 4 is 23.3 Å². The maximum atomic E-state index is 13.1. The Morgan fingerprint density at radius 3 is 2.48 bits per heavy atom. The van der Waals surface area contributed by atoms with Crippen molar-refractivity contribution in [3.05, 3.63) is 76.1 Å². The number of aryl methyl sites for hydroxylation is 1. The van der Waals surface area contributed by atoms with Crippen LogP contribution >= 0.6 is 11.6 Å². The summed E-state index contributed by atoms with van der Waals surface area (Å²) >= 11 is 6.31. The lowest BCUT2D eigenvalue weighted by Gasteiger charge is -2.47. The van der Waals surface area contributed by atoms with E-state index in [-0.39, 0.29) is 23.2 Å². The van der Waals surface area contributed by atoms with E-state index in [0.717, 1.165) is 49.3 Å². The van der Waals surface area contributed by atoms with Crippen LogP contribution in [0.2, 0.25) is 5.02 Å². The standard InChI is InChI=1S/C45H56ClF3N4O5/c1-29(25-56-38-9-14-50-37-8-3-5-30(2)41(37)38)19-33-20-32-21-39-40(58-27-31(26-57-39)24-52-15-17-53(18-16-52)28-45(47,48)49)23-36(32)43(33)10-12-44(13-11-43,42(54)55)51-35-7-4-6-34(46)22-35/h4,6-7,9,14,21-23,29-31,33,51H,3,5,8,10-13,15-20,24-28H2,1-2H3,(H,54,55)/t29-,30-,31?,33+,43?,44?/m1/s1. The fourth-order valence-corrected chi connectivity index (χ4v) is 10.8. The van der Waals surface area contributed by atoms with Gasteiger partial charge in [0.05, 0.1) is 26.4 Å². The molecule has 0 amide bonds. The van der Waals surface area contributed by atoms with Crippen LogP contribution in [0.4, 0.5) is 18.9 Å². The highest BCUT2D eigenvalue weighted by atomic mass is 35.5. The molecule has 1 unspecified atom stereocenters. The summed E-state index contributed by atoms with van der Waals surface area (Å²) in [7, 11) is 0. The van der Waals surface area contributed by atoms with Crippen molar-refractivity contribution in [1.82, 2.24) is 14.8 Å². The maximum Gasteiger partial charge on any atom is 0.401 e. The molecule has 2 fully saturated rings. The highest BCUT2D eigenvalue weighted by Gasteiger charge is 2.54. The third-order valence-corrected chi connectivity index (χ3v) is 13.9. The first-order valence-corrected chi connectivity index (χ1v) is 21.5. The van der Waals surface area contributed by atoms with Crippen LogP contribution in [-0.2, 0) is 23.1 Å². The molecule has 13 heteroatoms. The van der Waals surface area contributed by atoms with Crippen LogP contribution in [0.25, 0.3) is 0 Å². The van der Waals surface area contributed by atoms with E-state index >= 15 is 0 Å². The fourth-order valence-electron chi connectivity index (χ4n) is 10.7. The Bertz CT molecular complexity index is 1950. The van der Waals surface area contributed by atoms with Crippen molar-refractivity contribution in [3.8, 4) is 17.2 Å². The summed E-state index contributed by atoms with van der Waals surface area (Å²) in [6.45, 7) is 7.77. The van der Waals surface area contributed by atoms with Gasteiger partial charge in [-0.3, -0.25) is 9.88 Å². The van der Waals surface area contributed by atoms with Crippen LogP contribution in [0, 0.1) is 17.8 Å². The van der Waals surface area contributed by atoms with E-state index in [1.165, 1.54) is 21.6 Å². The molecular formula is C45H56ClF3N4O5.